The number of ether oxygens (including phenoxy) is 1. The molecule has 0 amide bonds. The molecule has 1 aliphatic carbocycles. The highest BCUT2D eigenvalue weighted by Crippen LogP contribution is 2.40. The Hall–Kier alpha value is -2.63. The van der Waals surface area contributed by atoms with E-state index in [2.05, 4.69) is 28.3 Å². The van der Waals surface area contributed by atoms with E-state index in [0.29, 0.717) is 23.6 Å². The molecule has 0 radical (unpaired) electrons. The van der Waals surface area contributed by atoms with Gasteiger partial charge in [0.25, 0.3) is 10.0 Å². The lowest BCUT2D eigenvalue weighted by atomic mass is 9.81. The summed E-state index contributed by atoms with van der Waals surface area (Å²) < 4.78 is 34.5. The summed E-state index contributed by atoms with van der Waals surface area (Å²) >= 11 is 1.67. The molecule has 4 aromatic rings. The first-order valence-electron chi connectivity index (χ1n) is 14.8. The molecule has 3 aliphatic rings. The van der Waals surface area contributed by atoms with Gasteiger partial charge in [0.05, 0.1) is 29.8 Å². The Morgan fingerprint density at radius 1 is 1.00 bits per heavy atom. The zero-order valence-corrected chi connectivity index (χ0v) is 25.1. The minimum absolute atomic E-state index is 0.252. The van der Waals surface area contributed by atoms with E-state index in [-0.39, 0.29) is 4.90 Å². The number of hydrogen-bond donors (Lipinski definition) is 0. The third-order valence-corrected chi connectivity index (χ3v) is 11.9. The standard InChI is InChI=1S/C31H37N5O3S2/c1-34-13-5-8-29(34)31-33-28(21-40-31)27-20-36(41(37,38)25-6-3-2-4-7-25)30-26(27)18-23(19-32-30)22-9-11-24(12-10-22)35-14-16-39-17-15-35/h2-4,6-7,18-22,24,29H,5,8-17H2,1H3. The lowest BCUT2D eigenvalue weighted by molar-refractivity contribution is 0.00729. The first kappa shape index (κ1) is 27.2. The molecule has 1 atom stereocenters. The highest BCUT2D eigenvalue weighted by atomic mass is 32.2. The van der Waals surface area contributed by atoms with Crippen molar-refractivity contribution in [3.8, 4) is 11.3 Å². The van der Waals surface area contributed by atoms with Crippen LogP contribution in [0.15, 0.2) is 59.1 Å². The van der Waals surface area contributed by atoms with Crippen LogP contribution in [0.1, 0.15) is 61.1 Å². The summed E-state index contributed by atoms with van der Waals surface area (Å²) in [5.74, 6) is 0.421. The van der Waals surface area contributed by atoms with Gasteiger partial charge in [-0.1, -0.05) is 18.2 Å². The number of morpholine rings is 1. The summed E-state index contributed by atoms with van der Waals surface area (Å²) in [6, 6.07) is 11.7. The van der Waals surface area contributed by atoms with Crippen LogP contribution in [-0.4, -0.2) is 78.1 Å². The molecule has 216 valence electrons. The van der Waals surface area contributed by atoms with Gasteiger partial charge >= 0.3 is 0 Å². The Bertz CT molecular complexity index is 1620. The molecular formula is C31H37N5O3S2. The number of hydrogen-bond acceptors (Lipinski definition) is 8. The van der Waals surface area contributed by atoms with Crippen LogP contribution >= 0.6 is 11.3 Å². The van der Waals surface area contributed by atoms with Crippen LogP contribution < -0.4 is 0 Å². The van der Waals surface area contributed by atoms with Crippen LogP contribution in [-0.2, 0) is 14.8 Å². The van der Waals surface area contributed by atoms with Crippen LogP contribution in [0.2, 0.25) is 0 Å². The zero-order chi connectivity index (χ0) is 28.0. The molecule has 1 unspecified atom stereocenters. The Morgan fingerprint density at radius 3 is 2.51 bits per heavy atom. The summed E-state index contributed by atoms with van der Waals surface area (Å²) in [6.07, 6.45) is 10.5. The van der Waals surface area contributed by atoms with E-state index in [1.165, 1.54) is 28.8 Å². The predicted octanol–water partition coefficient (Wildman–Crippen LogP) is 5.52. The van der Waals surface area contributed by atoms with E-state index >= 15 is 0 Å². The minimum Gasteiger partial charge on any atom is -0.379 e. The van der Waals surface area contributed by atoms with E-state index in [0.717, 1.165) is 73.8 Å². The van der Waals surface area contributed by atoms with Crippen molar-refractivity contribution in [3.63, 3.8) is 0 Å². The van der Waals surface area contributed by atoms with Crippen LogP contribution in [0.5, 0.6) is 0 Å². The van der Waals surface area contributed by atoms with Gasteiger partial charge in [-0.25, -0.2) is 22.4 Å². The highest BCUT2D eigenvalue weighted by molar-refractivity contribution is 7.90. The first-order chi connectivity index (χ1) is 20.0. The number of rotatable bonds is 6. The summed E-state index contributed by atoms with van der Waals surface area (Å²) in [7, 11) is -1.67. The molecule has 8 nitrogen and oxygen atoms in total. The SMILES string of the molecule is CN1CCCC1c1nc(-c2cn(S(=O)(=O)c3ccccc3)c3ncc(C4CCC(N5CCOCC5)CC4)cc23)cs1. The Labute approximate surface area is 246 Å². The van der Waals surface area contributed by atoms with Gasteiger partial charge in [-0.05, 0) is 81.8 Å². The highest BCUT2D eigenvalue weighted by Gasteiger charge is 2.30. The van der Waals surface area contributed by atoms with Gasteiger partial charge in [-0.3, -0.25) is 9.80 Å². The first-order valence-corrected chi connectivity index (χ1v) is 17.1. The average molecular weight is 592 g/mol. The van der Waals surface area contributed by atoms with Crippen molar-refractivity contribution < 1.29 is 13.2 Å². The summed E-state index contributed by atoms with van der Waals surface area (Å²) in [5.41, 5.74) is 3.31. The monoisotopic (exact) mass is 591 g/mol. The molecule has 3 aromatic heterocycles. The third kappa shape index (κ3) is 5.14. The Morgan fingerprint density at radius 2 is 1.78 bits per heavy atom. The van der Waals surface area contributed by atoms with Crippen molar-refractivity contribution in [3.05, 3.63) is 64.7 Å². The number of likely N-dealkylation sites (tertiary alicyclic amines) is 1. The van der Waals surface area contributed by atoms with Crippen molar-refractivity contribution in [1.29, 1.82) is 0 Å². The molecule has 1 aromatic carbocycles. The molecule has 41 heavy (non-hydrogen) atoms. The number of nitrogens with zero attached hydrogens (tertiary/aromatic N) is 5. The summed E-state index contributed by atoms with van der Waals surface area (Å²) in [6.45, 7) is 4.81. The largest absolute Gasteiger partial charge is 0.379 e. The molecule has 0 bridgehead atoms. The van der Waals surface area contributed by atoms with Crippen LogP contribution in [0.25, 0.3) is 22.3 Å². The second kappa shape index (κ2) is 11.2. The van der Waals surface area contributed by atoms with E-state index < -0.39 is 10.0 Å². The molecular weight excluding hydrogens is 555 g/mol. The fourth-order valence-electron chi connectivity index (χ4n) is 6.92. The minimum atomic E-state index is -3.82. The fourth-order valence-corrected chi connectivity index (χ4v) is 9.28. The second-order valence-electron chi connectivity index (χ2n) is 11.7. The Kier molecular flexibility index (Phi) is 7.45. The number of fused-ring (bicyclic) bond motifs is 1. The molecule has 3 fully saturated rings. The lowest BCUT2D eigenvalue weighted by Gasteiger charge is -2.38. The van der Waals surface area contributed by atoms with Gasteiger partial charge in [-0.2, -0.15) is 0 Å². The Balaban J connectivity index is 1.25. The smallest absolute Gasteiger partial charge is 0.269 e. The molecule has 2 aliphatic heterocycles. The van der Waals surface area contributed by atoms with Crippen LogP contribution in [0.4, 0.5) is 0 Å². The van der Waals surface area contributed by atoms with Crippen molar-refractivity contribution in [2.75, 3.05) is 39.9 Å². The number of pyridine rings is 1. The number of thiazole rings is 1. The molecule has 5 heterocycles. The van der Waals surface area contributed by atoms with Gasteiger partial charge in [-0.15, -0.1) is 11.3 Å². The summed E-state index contributed by atoms with van der Waals surface area (Å²) in [5, 5.41) is 4.03. The fraction of sp³-hybridized carbons (Fsp3) is 0.484. The van der Waals surface area contributed by atoms with E-state index in [9.17, 15) is 8.42 Å². The normalized spacial score (nSPS) is 24.8. The quantitative estimate of drug-likeness (QED) is 0.292. The predicted molar refractivity (Wildman–Crippen MR) is 162 cm³/mol. The second-order valence-corrected chi connectivity index (χ2v) is 14.4. The van der Waals surface area contributed by atoms with Gasteiger partial charge in [0.1, 0.15) is 5.01 Å². The van der Waals surface area contributed by atoms with E-state index in [1.807, 2.05) is 12.3 Å². The van der Waals surface area contributed by atoms with Gasteiger partial charge < -0.3 is 4.74 Å². The van der Waals surface area contributed by atoms with Crippen molar-refractivity contribution in [1.82, 2.24) is 23.7 Å². The molecule has 0 spiro atoms. The summed E-state index contributed by atoms with van der Waals surface area (Å²) in [4.78, 5) is 15.1. The van der Waals surface area contributed by atoms with Crippen LogP contribution in [0, 0.1) is 0 Å². The molecule has 10 heteroatoms. The molecule has 1 saturated carbocycles. The van der Waals surface area contributed by atoms with Crippen molar-refractivity contribution in [2.24, 2.45) is 0 Å². The lowest BCUT2D eigenvalue weighted by Crippen LogP contribution is -2.44. The van der Waals surface area contributed by atoms with E-state index in [1.54, 1.807) is 41.8 Å². The average Bonchev–Trinajstić information content (AvgIpc) is 3.76. The van der Waals surface area contributed by atoms with E-state index in [4.69, 9.17) is 14.7 Å². The zero-order valence-electron chi connectivity index (χ0n) is 23.5. The molecule has 2 saturated heterocycles. The topological polar surface area (TPSA) is 80.6 Å². The van der Waals surface area contributed by atoms with Gasteiger partial charge in [0.15, 0.2) is 5.65 Å². The maximum atomic E-state index is 13.8. The molecule has 0 N–H and O–H groups in total. The van der Waals surface area contributed by atoms with Gasteiger partial charge in [0, 0.05) is 47.9 Å². The maximum Gasteiger partial charge on any atom is 0.269 e. The van der Waals surface area contributed by atoms with Crippen molar-refractivity contribution in [2.45, 2.75) is 61.4 Å². The maximum absolute atomic E-state index is 13.8. The van der Waals surface area contributed by atoms with Crippen molar-refractivity contribution >= 4 is 32.4 Å². The third-order valence-electron chi connectivity index (χ3n) is 9.27. The van der Waals surface area contributed by atoms with Crippen LogP contribution in [0.3, 0.4) is 0 Å². The van der Waals surface area contributed by atoms with Gasteiger partial charge in [0.2, 0.25) is 0 Å². The number of benzene rings is 1. The molecule has 7 rings (SSSR count). The number of aromatic nitrogens is 3.